The Morgan fingerprint density at radius 2 is 1.89 bits per heavy atom. The highest BCUT2D eigenvalue weighted by Gasteiger charge is 2.23. The SMILES string of the molecule is CCNC(=NCC(C)(C)Cc1ccccc1)N1CCC(OCCCOC)CC1. The van der Waals surface area contributed by atoms with Crippen molar-refractivity contribution in [3.63, 3.8) is 0 Å². The second-order valence-corrected chi connectivity index (χ2v) is 8.40. The summed E-state index contributed by atoms with van der Waals surface area (Å²) in [4.78, 5) is 7.38. The van der Waals surface area contributed by atoms with Crippen LogP contribution in [0.1, 0.15) is 45.6 Å². The third kappa shape index (κ3) is 8.19. The average Bonchev–Trinajstić information content (AvgIpc) is 2.69. The highest BCUT2D eigenvalue weighted by molar-refractivity contribution is 5.80. The Morgan fingerprint density at radius 1 is 1.18 bits per heavy atom. The van der Waals surface area contributed by atoms with Crippen molar-refractivity contribution in [3.8, 4) is 0 Å². The summed E-state index contributed by atoms with van der Waals surface area (Å²) in [6.45, 7) is 12.0. The molecule has 0 aliphatic carbocycles. The molecule has 1 aliphatic rings. The van der Waals surface area contributed by atoms with Gasteiger partial charge in [-0.1, -0.05) is 44.2 Å². The van der Waals surface area contributed by atoms with E-state index in [0.717, 1.165) is 71.0 Å². The van der Waals surface area contributed by atoms with Gasteiger partial charge < -0.3 is 19.7 Å². The van der Waals surface area contributed by atoms with Gasteiger partial charge in [-0.2, -0.15) is 0 Å². The van der Waals surface area contributed by atoms with Gasteiger partial charge in [0.05, 0.1) is 6.10 Å². The Bertz CT molecular complexity index is 566. The molecule has 28 heavy (non-hydrogen) atoms. The number of methoxy groups -OCH3 is 1. The number of likely N-dealkylation sites (tertiary alicyclic amines) is 1. The second-order valence-electron chi connectivity index (χ2n) is 8.40. The van der Waals surface area contributed by atoms with Gasteiger partial charge in [0.1, 0.15) is 0 Å². The fourth-order valence-corrected chi connectivity index (χ4v) is 3.61. The first-order chi connectivity index (χ1) is 13.5. The number of nitrogens with zero attached hydrogens (tertiary/aromatic N) is 2. The minimum absolute atomic E-state index is 0.130. The zero-order valence-corrected chi connectivity index (χ0v) is 18.2. The first-order valence-electron chi connectivity index (χ1n) is 10.7. The average molecular weight is 390 g/mol. The van der Waals surface area contributed by atoms with Crippen molar-refractivity contribution < 1.29 is 9.47 Å². The Kier molecular flexibility index (Phi) is 9.79. The molecule has 2 rings (SSSR count). The number of aliphatic imine (C=N–C) groups is 1. The molecule has 0 amide bonds. The lowest BCUT2D eigenvalue weighted by Gasteiger charge is -2.35. The summed E-state index contributed by atoms with van der Waals surface area (Å²) in [5.41, 5.74) is 1.50. The van der Waals surface area contributed by atoms with Gasteiger partial charge in [0.15, 0.2) is 5.96 Å². The number of hydrogen-bond acceptors (Lipinski definition) is 3. The predicted octanol–water partition coefficient (Wildman–Crippen LogP) is 3.74. The van der Waals surface area contributed by atoms with Crippen LogP contribution in [0.4, 0.5) is 0 Å². The van der Waals surface area contributed by atoms with Crippen molar-refractivity contribution in [1.82, 2.24) is 10.2 Å². The first kappa shape index (κ1) is 22.7. The molecule has 0 unspecified atom stereocenters. The molecule has 0 saturated carbocycles. The van der Waals surface area contributed by atoms with E-state index in [2.05, 4.69) is 61.3 Å². The van der Waals surface area contributed by atoms with Gasteiger partial charge >= 0.3 is 0 Å². The number of ether oxygens (including phenoxy) is 2. The van der Waals surface area contributed by atoms with Crippen LogP contribution in [0.15, 0.2) is 35.3 Å². The van der Waals surface area contributed by atoms with Crippen LogP contribution in [0.25, 0.3) is 0 Å². The summed E-state index contributed by atoms with van der Waals surface area (Å²) in [5.74, 6) is 1.04. The first-order valence-corrected chi connectivity index (χ1v) is 10.7. The van der Waals surface area contributed by atoms with Crippen LogP contribution in [0.5, 0.6) is 0 Å². The van der Waals surface area contributed by atoms with E-state index in [0.29, 0.717) is 6.10 Å². The van der Waals surface area contributed by atoms with E-state index in [4.69, 9.17) is 14.5 Å². The van der Waals surface area contributed by atoms with E-state index in [1.54, 1.807) is 7.11 Å². The quantitative estimate of drug-likeness (QED) is 0.376. The molecule has 0 atom stereocenters. The topological polar surface area (TPSA) is 46.1 Å². The lowest BCUT2D eigenvalue weighted by Crippen LogP contribution is -2.47. The van der Waals surface area contributed by atoms with Gasteiger partial charge in [0.2, 0.25) is 0 Å². The van der Waals surface area contributed by atoms with Gasteiger partial charge in [0, 0.05) is 46.5 Å². The molecule has 158 valence electrons. The highest BCUT2D eigenvalue weighted by Crippen LogP contribution is 2.22. The Labute approximate surface area is 171 Å². The van der Waals surface area contributed by atoms with Crippen molar-refractivity contribution in [1.29, 1.82) is 0 Å². The maximum atomic E-state index is 5.99. The second kappa shape index (κ2) is 12.1. The minimum atomic E-state index is 0.130. The third-order valence-electron chi connectivity index (χ3n) is 5.11. The number of benzene rings is 1. The summed E-state index contributed by atoms with van der Waals surface area (Å²) in [7, 11) is 1.74. The highest BCUT2D eigenvalue weighted by atomic mass is 16.5. The number of piperidine rings is 1. The smallest absolute Gasteiger partial charge is 0.193 e. The van der Waals surface area contributed by atoms with Crippen molar-refractivity contribution in [2.45, 2.75) is 52.6 Å². The van der Waals surface area contributed by atoms with E-state index in [9.17, 15) is 0 Å². The van der Waals surface area contributed by atoms with Gasteiger partial charge in [-0.3, -0.25) is 4.99 Å². The van der Waals surface area contributed by atoms with Gasteiger partial charge in [0.25, 0.3) is 0 Å². The molecule has 0 bridgehead atoms. The van der Waals surface area contributed by atoms with Crippen LogP contribution >= 0.6 is 0 Å². The molecule has 1 aromatic rings. The van der Waals surface area contributed by atoms with Crippen LogP contribution in [-0.2, 0) is 15.9 Å². The van der Waals surface area contributed by atoms with E-state index in [-0.39, 0.29) is 5.41 Å². The molecule has 0 spiro atoms. The Morgan fingerprint density at radius 3 is 2.54 bits per heavy atom. The zero-order valence-electron chi connectivity index (χ0n) is 18.2. The van der Waals surface area contributed by atoms with Crippen LogP contribution in [0, 0.1) is 5.41 Å². The fourth-order valence-electron chi connectivity index (χ4n) is 3.61. The monoisotopic (exact) mass is 389 g/mol. The molecule has 5 heteroatoms. The van der Waals surface area contributed by atoms with E-state index < -0.39 is 0 Å². The van der Waals surface area contributed by atoms with Crippen LogP contribution < -0.4 is 5.32 Å². The number of hydrogen-bond donors (Lipinski definition) is 1. The molecule has 1 heterocycles. The number of guanidine groups is 1. The van der Waals surface area contributed by atoms with Crippen molar-refractivity contribution in [2.75, 3.05) is 46.5 Å². The van der Waals surface area contributed by atoms with Crippen LogP contribution in [-0.4, -0.2) is 63.5 Å². The van der Waals surface area contributed by atoms with E-state index in [1.807, 2.05) is 0 Å². The lowest BCUT2D eigenvalue weighted by atomic mass is 9.86. The predicted molar refractivity (Wildman–Crippen MR) is 117 cm³/mol. The van der Waals surface area contributed by atoms with Crippen LogP contribution in [0.2, 0.25) is 0 Å². The minimum Gasteiger partial charge on any atom is -0.385 e. The normalized spacial score (nSPS) is 16.4. The zero-order chi connectivity index (χ0) is 20.2. The molecule has 0 radical (unpaired) electrons. The Balaban J connectivity index is 1.85. The number of rotatable bonds is 10. The summed E-state index contributed by atoms with van der Waals surface area (Å²) < 4.78 is 11.1. The van der Waals surface area contributed by atoms with Gasteiger partial charge in [-0.05, 0) is 43.6 Å². The summed E-state index contributed by atoms with van der Waals surface area (Å²) in [5, 5.41) is 3.48. The lowest BCUT2D eigenvalue weighted by molar-refractivity contribution is 0.00988. The maximum Gasteiger partial charge on any atom is 0.193 e. The number of nitrogens with one attached hydrogen (secondary N) is 1. The van der Waals surface area contributed by atoms with Crippen molar-refractivity contribution in [2.24, 2.45) is 10.4 Å². The van der Waals surface area contributed by atoms with Crippen molar-refractivity contribution in [3.05, 3.63) is 35.9 Å². The Hall–Kier alpha value is -1.59. The third-order valence-corrected chi connectivity index (χ3v) is 5.11. The van der Waals surface area contributed by atoms with E-state index in [1.165, 1.54) is 5.56 Å². The summed E-state index contributed by atoms with van der Waals surface area (Å²) >= 11 is 0. The largest absolute Gasteiger partial charge is 0.385 e. The van der Waals surface area contributed by atoms with Crippen molar-refractivity contribution >= 4 is 5.96 Å². The standard InChI is InChI=1S/C23H39N3O2/c1-5-24-22(25-19-23(2,3)18-20-10-7-6-8-11-20)26-14-12-21(13-15-26)28-17-9-16-27-4/h6-8,10-11,21H,5,9,12-19H2,1-4H3,(H,24,25). The molecule has 1 fully saturated rings. The summed E-state index contributed by atoms with van der Waals surface area (Å²) in [6.07, 6.45) is 4.49. The molecular weight excluding hydrogens is 350 g/mol. The maximum absolute atomic E-state index is 5.99. The molecule has 0 aromatic heterocycles. The van der Waals surface area contributed by atoms with Gasteiger partial charge in [-0.25, -0.2) is 0 Å². The summed E-state index contributed by atoms with van der Waals surface area (Å²) in [6, 6.07) is 10.7. The molecule has 1 saturated heterocycles. The van der Waals surface area contributed by atoms with Crippen LogP contribution in [0.3, 0.4) is 0 Å². The fraction of sp³-hybridized carbons (Fsp3) is 0.696. The molecule has 1 N–H and O–H groups in total. The van der Waals surface area contributed by atoms with Gasteiger partial charge in [-0.15, -0.1) is 0 Å². The van der Waals surface area contributed by atoms with E-state index >= 15 is 0 Å². The molecule has 1 aliphatic heterocycles. The molecular formula is C23H39N3O2. The molecule has 1 aromatic carbocycles. The molecule has 5 nitrogen and oxygen atoms in total.